The minimum absolute atomic E-state index is 0.121. The van der Waals surface area contributed by atoms with Crippen molar-refractivity contribution in [2.45, 2.75) is 38.5 Å². The number of allylic oxidation sites excluding steroid dienone is 5. The van der Waals surface area contributed by atoms with Gasteiger partial charge in [0.15, 0.2) is 0 Å². The van der Waals surface area contributed by atoms with Crippen LogP contribution in [-0.4, -0.2) is 0 Å². The van der Waals surface area contributed by atoms with Crippen LogP contribution in [0, 0.1) is 0 Å². The monoisotopic (exact) mass is 843 g/mol. The van der Waals surface area contributed by atoms with Crippen LogP contribution < -0.4 is 4.90 Å². The molecule has 1 nitrogen and oxygen atoms in total. The minimum atomic E-state index is -0.178. The zero-order valence-electron chi connectivity index (χ0n) is 37.8. The summed E-state index contributed by atoms with van der Waals surface area (Å²) in [6.45, 7) is 9.44. The van der Waals surface area contributed by atoms with Crippen molar-refractivity contribution < 1.29 is 0 Å². The molecule has 0 saturated carbocycles. The van der Waals surface area contributed by atoms with Crippen molar-refractivity contribution in [2.75, 3.05) is 4.90 Å². The van der Waals surface area contributed by atoms with E-state index in [9.17, 15) is 0 Å². The normalized spacial score (nSPS) is 14.7. The Hall–Kier alpha value is -7.96. The summed E-state index contributed by atoms with van der Waals surface area (Å²) in [7, 11) is 0. The molecular weight excluding hydrogens is 795 g/mol. The van der Waals surface area contributed by atoms with Gasteiger partial charge in [0, 0.05) is 27.6 Å². The summed E-state index contributed by atoms with van der Waals surface area (Å²) in [4.78, 5) is 2.48. The molecule has 12 rings (SSSR count). The van der Waals surface area contributed by atoms with Crippen LogP contribution in [0.5, 0.6) is 0 Å². The number of hydrogen-bond acceptors (Lipinski definition) is 1. The van der Waals surface area contributed by atoms with E-state index in [2.05, 4.69) is 257 Å². The van der Waals surface area contributed by atoms with Gasteiger partial charge in [0.1, 0.15) is 0 Å². The van der Waals surface area contributed by atoms with E-state index in [1.54, 1.807) is 0 Å². The first-order chi connectivity index (χ1) is 32.3. The summed E-state index contributed by atoms with van der Waals surface area (Å²) in [6, 6.07) is 74.5. The van der Waals surface area contributed by atoms with E-state index in [4.69, 9.17) is 0 Å². The quantitative estimate of drug-likeness (QED) is 0.145. The third kappa shape index (κ3) is 6.31. The first-order valence-electron chi connectivity index (χ1n) is 23.2. The molecule has 0 fully saturated rings. The van der Waals surface area contributed by atoms with Crippen molar-refractivity contribution in [3.05, 3.63) is 258 Å². The molecule has 0 saturated heterocycles. The highest BCUT2D eigenvalue weighted by Gasteiger charge is 2.37. The van der Waals surface area contributed by atoms with Gasteiger partial charge in [-0.2, -0.15) is 0 Å². The molecule has 0 bridgehead atoms. The Balaban J connectivity index is 1.09. The van der Waals surface area contributed by atoms with Crippen LogP contribution >= 0.6 is 0 Å². The Morgan fingerprint density at radius 3 is 1.62 bits per heavy atom. The van der Waals surface area contributed by atoms with E-state index in [1.807, 2.05) is 6.08 Å². The van der Waals surface area contributed by atoms with Crippen molar-refractivity contribution in [2.24, 2.45) is 0 Å². The third-order valence-corrected chi connectivity index (χ3v) is 14.5. The molecule has 0 aromatic heterocycles. The lowest BCUT2D eigenvalue weighted by Gasteiger charge is -2.29. The molecule has 0 unspecified atom stereocenters. The predicted molar refractivity (Wildman–Crippen MR) is 280 cm³/mol. The number of anilines is 3. The van der Waals surface area contributed by atoms with E-state index in [1.165, 1.54) is 99.8 Å². The summed E-state index contributed by atoms with van der Waals surface area (Å²) < 4.78 is 0. The van der Waals surface area contributed by atoms with E-state index in [0.29, 0.717) is 0 Å². The Morgan fingerprint density at radius 1 is 0.394 bits per heavy atom. The molecule has 9 aromatic carbocycles. The molecule has 314 valence electrons. The van der Waals surface area contributed by atoms with Crippen molar-refractivity contribution in [1.82, 2.24) is 0 Å². The summed E-state index contributed by atoms with van der Waals surface area (Å²) in [5.74, 6) is 0. The van der Waals surface area contributed by atoms with Crippen molar-refractivity contribution in [3.63, 3.8) is 0 Å². The maximum atomic E-state index is 3.39. The van der Waals surface area contributed by atoms with Crippen LogP contribution in [0.2, 0.25) is 0 Å². The van der Waals surface area contributed by atoms with Gasteiger partial charge < -0.3 is 4.90 Å². The molecular formula is C65H49N. The minimum Gasteiger partial charge on any atom is -0.310 e. The lowest BCUT2D eigenvalue weighted by Crippen LogP contribution is -2.16. The fourth-order valence-corrected chi connectivity index (χ4v) is 11.1. The molecule has 0 N–H and O–H groups in total. The molecule has 0 atom stereocenters. The van der Waals surface area contributed by atoms with E-state index < -0.39 is 0 Å². The highest BCUT2D eigenvalue weighted by Crippen LogP contribution is 2.53. The summed E-state index contributed by atoms with van der Waals surface area (Å²) in [6.07, 6.45) is 8.54. The van der Waals surface area contributed by atoms with Crippen LogP contribution in [0.25, 0.3) is 72.0 Å². The molecule has 3 aliphatic rings. The van der Waals surface area contributed by atoms with E-state index in [0.717, 1.165) is 17.1 Å². The Kier molecular flexibility index (Phi) is 9.21. The molecule has 0 aliphatic heterocycles. The number of hydrogen-bond donors (Lipinski definition) is 0. The molecule has 0 heterocycles. The molecule has 0 radical (unpaired) electrons. The Morgan fingerprint density at radius 2 is 0.939 bits per heavy atom. The van der Waals surface area contributed by atoms with Gasteiger partial charge in [-0.15, -0.1) is 5.73 Å². The first-order valence-corrected chi connectivity index (χ1v) is 23.2. The average molecular weight is 844 g/mol. The number of fused-ring (bicyclic) bond motifs is 6. The van der Waals surface area contributed by atoms with Crippen LogP contribution in [-0.2, 0) is 10.8 Å². The summed E-state index contributed by atoms with van der Waals surface area (Å²) in [5.41, 5.74) is 26.6. The number of nitrogens with zero attached hydrogens (tertiary/aromatic N) is 1. The van der Waals surface area contributed by atoms with Gasteiger partial charge in [-0.1, -0.05) is 198 Å². The lowest BCUT2D eigenvalue weighted by atomic mass is 9.80. The van der Waals surface area contributed by atoms with Crippen LogP contribution in [0.3, 0.4) is 0 Å². The van der Waals surface area contributed by atoms with E-state index in [-0.39, 0.29) is 10.8 Å². The zero-order chi connectivity index (χ0) is 44.6. The standard InChI is InChI=1S/C65H49N/c1-64(2)59-28-13-7-12-26-53(59)55-35-31-46(39-61(55)64)57-41-48(33-37-50(57)43-19-8-5-9-20-43)66(63-30-18-24-45-23-14-15-25-52(45)63)49-34-38-51(44-21-10-6-11-22-44)58(42-49)47-32-36-56-54-27-16-17-29-60(54)65(3,4)62(56)40-47/h5-12,14-42H,1-4H3. The van der Waals surface area contributed by atoms with E-state index >= 15 is 0 Å². The molecule has 0 spiro atoms. The zero-order valence-corrected chi connectivity index (χ0v) is 37.8. The lowest BCUT2D eigenvalue weighted by molar-refractivity contribution is 0.654. The Labute approximate surface area is 388 Å². The first kappa shape index (κ1) is 39.6. The summed E-state index contributed by atoms with van der Waals surface area (Å²) >= 11 is 0. The average Bonchev–Trinajstić information content (AvgIpc) is 3.54. The fraction of sp³-hybridized carbons (Fsp3) is 0.0923. The van der Waals surface area contributed by atoms with Gasteiger partial charge in [0.05, 0.1) is 5.69 Å². The largest absolute Gasteiger partial charge is 0.310 e. The third-order valence-electron chi connectivity index (χ3n) is 14.5. The second-order valence-corrected chi connectivity index (χ2v) is 19.0. The summed E-state index contributed by atoms with van der Waals surface area (Å²) in [5, 5.41) is 2.40. The second-order valence-electron chi connectivity index (χ2n) is 19.0. The van der Waals surface area contributed by atoms with Gasteiger partial charge >= 0.3 is 0 Å². The van der Waals surface area contributed by atoms with Crippen molar-refractivity contribution in [1.29, 1.82) is 0 Å². The van der Waals surface area contributed by atoms with Gasteiger partial charge in [-0.05, 0) is 149 Å². The predicted octanol–water partition coefficient (Wildman–Crippen LogP) is 17.6. The molecule has 0 amide bonds. The molecule has 9 aromatic rings. The highest BCUT2D eigenvalue weighted by atomic mass is 15.1. The van der Waals surface area contributed by atoms with Crippen molar-refractivity contribution >= 4 is 33.4 Å². The molecule has 3 aliphatic carbocycles. The smallest absolute Gasteiger partial charge is 0.0540 e. The number of rotatable bonds is 7. The van der Waals surface area contributed by atoms with Gasteiger partial charge in [0.2, 0.25) is 0 Å². The second kappa shape index (κ2) is 15.3. The molecule has 1 heteroatoms. The van der Waals surface area contributed by atoms with Gasteiger partial charge in [-0.25, -0.2) is 0 Å². The van der Waals surface area contributed by atoms with Crippen LogP contribution in [0.4, 0.5) is 17.1 Å². The van der Waals surface area contributed by atoms with Crippen molar-refractivity contribution in [3.8, 4) is 55.6 Å². The highest BCUT2D eigenvalue weighted by molar-refractivity contribution is 6.01. The van der Waals surface area contributed by atoms with Crippen LogP contribution in [0.15, 0.2) is 236 Å². The SMILES string of the molecule is CC1(C)C2=C(C=CC=C=C2)c2ccc(-c3cc(N(c4ccc(-c5ccccc5)c(-c5ccc6c(c5)C(C)(C)c5ccccc5-6)c4)c4cccc5ccccc45)ccc3-c3ccccc3)cc21. The molecule has 66 heavy (non-hydrogen) atoms. The van der Waals surface area contributed by atoms with Gasteiger partial charge in [0.25, 0.3) is 0 Å². The maximum Gasteiger partial charge on any atom is 0.0540 e. The number of benzene rings is 9. The topological polar surface area (TPSA) is 3.24 Å². The Bertz CT molecular complexity index is 3550. The van der Waals surface area contributed by atoms with Crippen LogP contribution in [0.1, 0.15) is 49.9 Å². The van der Waals surface area contributed by atoms with Gasteiger partial charge in [-0.3, -0.25) is 0 Å². The fourth-order valence-electron chi connectivity index (χ4n) is 11.1. The maximum absolute atomic E-state index is 3.39.